The number of hydrogen-bond acceptors (Lipinski definition) is 7. The molecule has 9 heteroatoms. The molecule has 0 radical (unpaired) electrons. The number of nitrogens with two attached hydrogens (primary N) is 1. The molecule has 1 unspecified atom stereocenters. The van der Waals surface area contributed by atoms with Crippen molar-refractivity contribution in [1.29, 1.82) is 0 Å². The molecule has 1 saturated carbocycles. The number of benzene rings is 1. The molecule has 4 heterocycles. The molecule has 3 saturated heterocycles. The molecule has 158 valence electrons. The lowest BCUT2D eigenvalue weighted by Gasteiger charge is -2.44. The Balaban J connectivity index is 1.30. The van der Waals surface area contributed by atoms with Crippen molar-refractivity contribution in [2.45, 2.75) is 43.9 Å². The Morgan fingerprint density at radius 2 is 2.00 bits per heavy atom. The Labute approximate surface area is 173 Å². The fraction of sp³-hybridized carbons (Fsp3) is 0.524. The number of nitrogens with zero attached hydrogens (tertiary/aromatic N) is 1. The van der Waals surface area contributed by atoms with Gasteiger partial charge in [-0.3, -0.25) is 29.4 Å². The number of nitrogens with one attached hydrogen (secondary N) is 2. The molecule has 1 aromatic carbocycles. The van der Waals surface area contributed by atoms with Gasteiger partial charge in [-0.25, -0.2) is 0 Å². The monoisotopic (exact) mass is 412 g/mol. The van der Waals surface area contributed by atoms with Gasteiger partial charge < -0.3 is 15.8 Å². The van der Waals surface area contributed by atoms with Crippen molar-refractivity contribution in [3.05, 3.63) is 34.9 Å². The van der Waals surface area contributed by atoms with Gasteiger partial charge in [-0.2, -0.15) is 0 Å². The summed E-state index contributed by atoms with van der Waals surface area (Å²) in [5.74, 6) is -1.95. The molecule has 1 atom stereocenters. The lowest BCUT2D eigenvalue weighted by molar-refractivity contribution is -0.136. The van der Waals surface area contributed by atoms with Gasteiger partial charge in [0.05, 0.1) is 23.3 Å². The highest BCUT2D eigenvalue weighted by atomic mass is 16.5. The quantitative estimate of drug-likeness (QED) is 0.546. The van der Waals surface area contributed by atoms with E-state index in [1.165, 1.54) is 0 Å². The van der Waals surface area contributed by atoms with Crippen molar-refractivity contribution in [3.63, 3.8) is 0 Å². The third-order valence-electron chi connectivity index (χ3n) is 6.82. The van der Waals surface area contributed by atoms with Gasteiger partial charge in [0.15, 0.2) is 0 Å². The molecule has 2 bridgehead atoms. The van der Waals surface area contributed by atoms with Gasteiger partial charge in [0.25, 0.3) is 11.8 Å². The minimum atomic E-state index is -0.954. The van der Waals surface area contributed by atoms with Crippen molar-refractivity contribution >= 4 is 23.6 Å². The number of carbonyl (C=O) groups is 4. The van der Waals surface area contributed by atoms with Crippen molar-refractivity contribution in [2.75, 3.05) is 19.7 Å². The van der Waals surface area contributed by atoms with Gasteiger partial charge in [-0.1, -0.05) is 12.1 Å². The van der Waals surface area contributed by atoms with Crippen molar-refractivity contribution in [1.82, 2.24) is 15.5 Å². The zero-order chi connectivity index (χ0) is 21.1. The summed E-state index contributed by atoms with van der Waals surface area (Å²) in [6.07, 6.45) is 2.13. The second kappa shape index (κ2) is 6.69. The van der Waals surface area contributed by atoms with E-state index in [2.05, 4.69) is 10.6 Å². The molecule has 9 nitrogen and oxygen atoms in total. The maximum Gasteiger partial charge on any atom is 0.262 e. The molecule has 30 heavy (non-hydrogen) atoms. The molecule has 0 aromatic heterocycles. The van der Waals surface area contributed by atoms with Crippen LogP contribution in [0.15, 0.2) is 18.2 Å². The number of ether oxygens (including phenoxy) is 1. The van der Waals surface area contributed by atoms with E-state index in [0.717, 1.165) is 29.8 Å². The highest BCUT2D eigenvalue weighted by molar-refractivity contribution is 6.24. The summed E-state index contributed by atoms with van der Waals surface area (Å²) >= 11 is 0. The Bertz CT molecular complexity index is 968. The molecule has 0 spiro atoms. The van der Waals surface area contributed by atoms with Crippen LogP contribution in [0.25, 0.3) is 0 Å². The summed E-state index contributed by atoms with van der Waals surface area (Å²) in [6, 6.07) is 4.22. The van der Waals surface area contributed by atoms with Crippen LogP contribution in [0.3, 0.4) is 0 Å². The second-order valence-electron chi connectivity index (χ2n) is 8.92. The first-order valence-electron chi connectivity index (χ1n) is 10.3. The number of amides is 4. The van der Waals surface area contributed by atoms with Crippen LogP contribution < -0.4 is 16.4 Å². The van der Waals surface area contributed by atoms with Gasteiger partial charge in [0.2, 0.25) is 11.8 Å². The van der Waals surface area contributed by atoms with E-state index in [0.29, 0.717) is 30.8 Å². The topological polar surface area (TPSA) is 131 Å². The van der Waals surface area contributed by atoms with E-state index in [-0.39, 0.29) is 29.8 Å². The van der Waals surface area contributed by atoms with Gasteiger partial charge in [0.1, 0.15) is 6.04 Å². The third-order valence-corrected chi connectivity index (χ3v) is 6.82. The molecule has 1 aliphatic carbocycles. The maximum atomic E-state index is 13.1. The highest BCUT2D eigenvalue weighted by Gasteiger charge is 2.61. The zero-order valence-electron chi connectivity index (χ0n) is 16.5. The van der Waals surface area contributed by atoms with Crippen LogP contribution in [0.5, 0.6) is 0 Å². The minimum Gasteiger partial charge on any atom is -0.373 e. The molecule has 1 aromatic rings. The zero-order valence-corrected chi connectivity index (χ0v) is 16.5. The normalized spacial score (nSPS) is 32.3. The van der Waals surface area contributed by atoms with Crippen molar-refractivity contribution in [2.24, 2.45) is 11.1 Å². The molecule has 6 rings (SSSR count). The predicted octanol–water partition coefficient (Wildman–Crippen LogP) is -0.315. The Kier molecular flexibility index (Phi) is 4.32. The average molecular weight is 412 g/mol. The molecule has 4 aliphatic heterocycles. The summed E-state index contributed by atoms with van der Waals surface area (Å²) in [6.45, 7) is 2.40. The number of imide groups is 2. The van der Waals surface area contributed by atoms with E-state index in [1.807, 2.05) is 6.07 Å². The van der Waals surface area contributed by atoms with Crippen LogP contribution >= 0.6 is 0 Å². The summed E-state index contributed by atoms with van der Waals surface area (Å²) in [7, 11) is 0. The standard InChI is InChI=1S/C21H24N4O5/c22-9-21-7-20(8-21,11-30-21)10-23-6-12-2-1-3-13-16(12)19(29)25(18(13)28)14-4-5-15(26)24-17(14)27/h1-3,14,23H,4-11,22H2,(H,24,26,27). The Morgan fingerprint density at radius 1 is 1.20 bits per heavy atom. The van der Waals surface area contributed by atoms with Crippen LogP contribution in [0.4, 0.5) is 0 Å². The predicted molar refractivity (Wildman–Crippen MR) is 104 cm³/mol. The molecular weight excluding hydrogens is 388 g/mol. The van der Waals surface area contributed by atoms with E-state index in [1.54, 1.807) is 12.1 Å². The molecule has 5 aliphatic rings. The lowest BCUT2D eigenvalue weighted by Crippen LogP contribution is -2.54. The summed E-state index contributed by atoms with van der Waals surface area (Å²) in [5, 5.41) is 5.62. The van der Waals surface area contributed by atoms with Crippen LogP contribution in [-0.4, -0.2) is 59.9 Å². The van der Waals surface area contributed by atoms with E-state index in [9.17, 15) is 19.2 Å². The van der Waals surface area contributed by atoms with Gasteiger partial charge in [0, 0.05) is 31.5 Å². The van der Waals surface area contributed by atoms with Crippen molar-refractivity contribution in [3.8, 4) is 0 Å². The smallest absolute Gasteiger partial charge is 0.262 e. The average Bonchev–Trinajstić information content (AvgIpc) is 3.32. The summed E-state index contributed by atoms with van der Waals surface area (Å²) < 4.78 is 5.84. The van der Waals surface area contributed by atoms with E-state index in [4.69, 9.17) is 10.5 Å². The first kappa shape index (κ1) is 19.3. The van der Waals surface area contributed by atoms with Gasteiger partial charge in [-0.05, 0) is 30.9 Å². The molecule has 4 fully saturated rings. The first-order chi connectivity index (χ1) is 14.4. The second-order valence-corrected chi connectivity index (χ2v) is 8.92. The van der Waals surface area contributed by atoms with Gasteiger partial charge >= 0.3 is 0 Å². The lowest BCUT2D eigenvalue weighted by atomic mass is 9.62. The number of rotatable bonds is 6. The van der Waals surface area contributed by atoms with Crippen LogP contribution in [0.2, 0.25) is 0 Å². The Hall–Kier alpha value is -2.62. The molecule has 4 amide bonds. The van der Waals surface area contributed by atoms with Gasteiger partial charge in [-0.15, -0.1) is 0 Å². The van der Waals surface area contributed by atoms with Crippen LogP contribution in [0, 0.1) is 5.41 Å². The summed E-state index contributed by atoms with van der Waals surface area (Å²) in [5.41, 5.74) is 7.10. The molecule has 4 N–H and O–H groups in total. The largest absolute Gasteiger partial charge is 0.373 e. The fourth-order valence-corrected chi connectivity index (χ4v) is 5.40. The fourth-order valence-electron chi connectivity index (χ4n) is 5.40. The first-order valence-corrected chi connectivity index (χ1v) is 10.3. The van der Waals surface area contributed by atoms with Crippen molar-refractivity contribution < 1.29 is 23.9 Å². The van der Waals surface area contributed by atoms with Crippen LogP contribution in [0.1, 0.15) is 52.0 Å². The third kappa shape index (κ3) is 2.80. The van der Waals surface area contributed by atoms with E-state index >= 15 is 0 Å². The SMILES string of the molecule is NCC12CC(CNCc3cccc4c3C(=O)N(C3CCC(=O)NC3=O)C4=O)(CO1)C2. The molecular formula is C21H24N4O5. The number of fused-ring (bicyclic) bond motifs is 2. The highest BCUT2D eigenvalue weighted by Crippen LogP contribution is 2.56. The number of piperidine rings is 1. The van der Waals surface area contributed by atoms with E-state index < -0.39 is 23.8 Å². The maximum absolute atomic E-state index is 13.1. The summed E-state index contributed by atoms with van der Waals surface area (Å²) in [4.78, 5) is 50.6. The Morgan fingerprint density at radius 3 is 2.70 bits per heavy atom. The number of carbonyl (C=O) groups excluding carboxylic acids is 4. The van der Waals surface area contributed by atoms with Crippen LogP contribution in [-0.2, 0) is 20.9 Å². The number of hydrogen-bond donors (Lipinski definition) is 3. The minimum absolute atomic E-state index is 0.0932.